The maximum Gasteiger partial charge on any atom is 0.327 e. The summed E-state index contributed by atoms with van der Waals surface area (Å²) >= 11 is 0.985. The Kier molecular flexibility index (Phi) is 6.58. The Bertz CT molecular complexity index is 1250. The Hall–Kier alpha value is -3.73. The lowest BCUT2D eigenvalue weighted by Gasteiger charge is -2.22. The molecule has 8 nitrogen and oxygen atoms in total. The number of aromatic hydroxyl groups is 1. The minimum absolute atomic E-state index is 0.0844. The molecule has 0 aliphatic rings. The molecule has 0 saturated heterocycles. The maximum atomic E-state index is 14.2. The van der Waals surface area contributed by atoms with Crippen LogP contribution in [0.2, 0.25) is 0 Å². The van der Waals surface area contributed by atoms with Gasteiger partial charge in [-0.25, -0.2) is 18.5 Å². The van der Waals surface area contributed by atoms with Crippen LogP contribution in [0.25, 0.3) is 11.1 Å². The summed E-state index contributed by atoms with van der Waals surface area (Å²) in [5, 5.41) is 23.3. The molecule has 0 saturated carbocycles. The molecule has 0 fully saturated rings. The van der Waals surface area contributed by atoms with E-state index in [1.807, 2.05) is 0 Å². The predicted octanol–water partition coefficient (Wildman–Crippen LogP) is 3.73. The molecule has 0 atom stereocenters. The number of aryl methyl sites for hydroxylation is 1. The normalized spacial score (nSPS) is 10.8. The van der Waals surface area contributed by atoms with Crippen LogP contribution in [-0.4, -0.2) is 33.3 Å². The van der Waals surface area contributed by atoms with Gasteiger partial charge in [-0.05, 0) is 30.7 Å². The Morgan fingerprint density at radius 2 is 1.94 bits per heavy atom. The summed E-state index contributed by atoms with van der Waals surface area (Å²) in [5.41, 5.74) is -0.157. The van der Waals surface area contributed by atoms with Gasteiger partial charge >= 0.3 is 12.0 Å². The zero-order valence-electron chi connectivity index (χ0n) is 17.1. The average molecular weight is 463 g/mol. The molecular formula is C21H19F2N3O5S. The number of carbonyl (C=O) groups excluding carboxylic acids is 1. The molecule has 1 aromatic carbocycles. The monoisotopic (exact) mass is 463 g/mol. The topological polar surface area (TPSA) is 112 Å². The highest BCUT2D eigenvalue weighted by molar-refractivity contribution is 7.14. The zero-order valence-corrected chi connectivity index (χ0v) is 17.9. The van der Waals surface area contributed by atoms with Gasteiger partial charge in [0.05, 0.1) is 6.42 Å². The lowest BCUT2D eigenvalue weighted by Crippen LogP contribution is -2.40. The second-order valence-electron chi connectivity index (χ2n) is 6.89. The molecule has 32 heavy (non-hydrogen) atoms. The van der Waals surface area contributed by atoms with Gasteiger partial charge in [-0.15, -0.1) is 11.3 Å². The van der Waals surface area contributed by atoms with E-state index in [1.165, 1.54) is 35.2 Å². The van der Waals surface area contributed by atoms with Crippen LogP contribution in [0.5, 0.6) is 5.75 Å². The van der Waals surface area contributed by atoms with Crippen LogP contribution in [0.3, 0.4) is 0 Å². The highest BCUT2D eigenvalue weighted by Gasteiger charge is 2.27. The fourth-order valence-electron chi connectivity index (χ4n) is 2.98. The van der Waals surface area contributed by atoms with Gasteiger partial charge in [-0.1, -0.05) is 0 Å². The third-order valence-electron chi connectivity index (χ3n) is 4.71. The Labute approximate surface area is 185 Å². The fourth-order valence-corrected chi connectivity index (χ4v) is 3.89. The molecule has 2 amide bonds. The molecule has 168 valence electrons. The minimum Gasteiger partial charge on any atom is -0.505 e. The molecule has 0 radical (unpaired) electrons. The SMILES string of the molecule is Cc1cc(O)c(N(C(=O)NCCC(=O)O)c2cc(-c3ccc(F)cc3F)cs2)c(=O)n1C. The number of nitrogens with one attached hydrogen (secondary N) is 1. The second-order valence-corrected chi connectivity index (χ2v) is 7.78. The highest BCUT2D eigenvalue weighted by Crippen LogP contribution is 2.38. The summed E-state index contributed by atoms with van der Waals surface area (Å²) in [4.78, 5) is 37.5. The predicted molar refractivity (Wildman–Crippen MR) is 116 cm³/mol. The number of anilines is 2. The van der Waals surface area contributed by atoms with Gasteiger partial charge in [0.1, 0.15) is 22.4 Å². The number of carboxylic acids is 1. The van der Waals surface area contributed by atoms with Crippen molar-refractivity contribution in [2.45, 2.75) is 13.3 Å². The van der Waals surface area contributed by atoms with Crippen LogP contribution in [0.1, 0.15) is 12.1 Å². The molecule has 2 aromatic heterocycles. The van der Waals surface area contributed by atoms with Gasteiger partial charge < -0.3 is 20.1 Å². The van der Waals surface area contributed by atoms with Crippen LogP contribution < -0.4 is 15.8 Å². The van der Waals surface area contributed by atoms with Gasteiger partial charge in [-0.2, -0.15) is 0 Å². The van der Waals surface area contributed by atoms with Gasteiger partial charge in [0.2, 0.25) is 0 Å². The van der Waals surface area contributed by atoms with Crippen LogP contribution in [0.15, 0.2) is 40.5 Å². The zero-order chi connectivity index (χ0) is 23.6. The van der Waals surface area contributed by atoms with E-state index in [-0.39, 0.29) is 29.2 Å². The number of halogens is 2. The van der Waals surface area contributed by atoms with Crippen molar-refractivity contribution in [3.63, 3.8) is 0 Å². The number of hydrogen-bond acceptors (Lipinski definition) is 5. The van der Waals surface area contributed by atoms with Crippen molar-refractivity contribution < 1.29 is 28.6 Å². The number of hydrogen-bond donors (Lipinski definition) is 3. The molecule has 0 aliphatic carbocycles. The summed E-state index contributed by atoms with van der Waals surface area (Å²) in [6.45, 7) is 1.38. The van der Waals surface area contributed by atoms with Gasteiger partial charge in [-0.3, -0.25) is 9.59 Å². The number of thiophene rings is 1. The summed E-state index contributed by atoms with van der Waals surface area (Å²) in [5.74, 6) is -3.13. The summed E-state index contributed by atoms with van der Waals surface area (Å²) < 4.78 is 28.7. The van der Waals surface area contributed by atoms with E-state index >= 15 is 0 Å². The van der Waals surface area contributed by atoms with E-state index in [0.717, 1.165) is 28.4 Å². The number of nitrogens with zero attached hydrogens (tertiary/aromatic N) is 2. The van der Waals surface area contributed by atoms with Crippen molar-refractivity contribution in [2.24, 2.45) is 7.05 Å². The average Bonchev–Trinajstić information content (AvgIpc) is 3.18. The first-order valence-corrected chi connectivity index (χ1v) is 10.2. The standard InChI is InChI=1S/C21H19F2N3O5S/c1-11-7-16(27)19(20(30)25(11)2)26(21(31)24-6-5-18(28)29)17-8-12(10-32-17)14-4-3-13(22)9-15(14)23/h3-4,7-10,27H,5-6H2,1-2H3,(H,24,31)(H,28,29). The smallest absolute Gasteiger partial charge is 0.327 e. The van der Waals surface area contributed by atoms with Crippen molar-refractivity contribution in [1.82, 2.24) is 9.88 Å². The number of carboxylic acid groups (broad SMARTS) is 1. The van der Waals surface area contributed by atoms with Crippen molar-refractivity contribution in [3.8, 4) is 16.9 Å². The Morgan fingerprint density at radius 3 is 2.59 bits per heavy atom. The molecule has 0 spiro atoms. The Balaban J connectivity index is 2.09. The van der Waals surface area contributed by atoms with E-state index in [2.05, 4.69) is 5.32 Å². The minimum atomic E-state index is -1.13. The van der Waals surface area contributed by atoms with Crippen LogP contribution >= 0.6 is 11.3 Å². The molecular weight excluding hydrogens is 444 g/mol. The number of rotatable bonds is 6. The second kappa shape index (κ2) is 9.18. The molecule has 11 heteroatoms. The van der Waals surface area contributed by atoms with E-state index in [1.54, 1.807) is 6.92 Å². The molecule has 0 aliphatic heterocycles. The van der Waals surface area contributed by atoms with Crippen LogP contribution in [-0.2, 0) is 11.8 Å². The summed E-state index contributed by atoms with van der Waals surface area (Å²) in [7, 11) is 1.47. The molecule has 0 bridgehead atoms. The fraction of sp³-hybridized carbons (Fsp3) is 0.190. The molecule has 3 aromatic rings. The van der Waals surface area contributed by atoms with Gasteiger partial charge in [0.15, 0.2) is 5.69 Å². The number of benzene rings is 1. The number of pyridine rings is 1. The number of urea groups is 1. The third kappa shape index (κ3) is 4.62. The highest BCUT2D eigenvalue weighted by atomic mass is 32.1. The number of aliphatic carboxylic acids is 1. The first-order valence-electron chi connectivity index (χ1n) is 9.33. The van der Waals surface area contributed by atoms with Crippen molar-refractivity contribution in [2.75, 3.05) is 11.4 Å². The largest absolute Gasteiger partial charge is 0.505 e. The number of carbonyl (C=O) groups is 2. The van der Waals surface area contributed by atoms with E-state index in [4.69, 9.17) is 5.11 Å². The van der Waals surface area contributed by atoms with Crippen molar-refractivity contribution >= 4 is 34.0 Å². The third-order valence-corrected chi connectivity index (χ3v) is 5.63. The molecule has 0 unspecified atom stereocenters. The van der Waals surface area contributed by atoms with Gasteiger partial charge in [0, 0.05) is 42.4 Å². The molecule has 2 heterocycles. The lowest BCUT2D eigenvalue weighted by atomic mass is 10.1. The summed E-state index contributed by atoms with van der Waals surface area (Å²) in [6.07, 6.45) is -0.353. The maximum absolute atomic E-state index is 14.2. The quantitative estimate of drug-likeness (QED) is 0.516. The molecule has 3 rings (SSSR count). The summed E-state index contributed by atoms with van der Waals surface area (Å²) in [6, 6.07) is 4.93. The number of amides is 2. The van der Waals surface area contributed by atoms with Crippen LogP contribution in [0, 0.1) is 18.6 Å². The first kappa shape index (κ1) is 22.9. The van der Waals surface area contributed by atoms with E-state index < -0.39 is 34.9 Å². The van der Waals surface area contributed by atoms with Crippen LogP contribution in [0.4, 0.5) is 24.3 Å². The van der Waals surface area contributed by atoms with E-state index in [0.29, 0.717) is 11.3 Å². The van der Waals surface area contributed by atoms with Crippen molar-refractivity contribution in [3.05, 3.63) is 63.4 Å². The lowest BCUT2D eigenvalue weighted by molar-refractivity contribution is -0.136. The molecule has 3 N–H and O–H groups in total. The Morgan fingerprint density at radius 1 is 1.22 bits per heavy atom. The van der Waals surface area contributed by atoms with Crippen molar-refractivity contribution in [1.29, 1.82) is 0 Å². The van der Waals surface area contributed by atoms with E-state index in [9.17, 15) is 28.3 Å². The first-order chi connectivity index (χ1) is 15.1. The number of aromatic nitrogens is 1. The van der Waals surface area contributed by atoms with Gasteiger partial charge in [0.25, 0.3) is 5.56 Å².